The van der Waals surface area contributed by atoms with E-state index in [0.717, 1.165) is 39.2 Å². The van der Waals surface area contributed by atoms with Crippen molar-refractivity contribution in [2.24, 2.45) is 0 Å². The van der Waals surface area contributed by atoms with Gasteiger partial charge in [-0.2, -0.15) is 0 Å². The largest absolute Gasteiger partial charge is 0.464 e. The van der Waals surface area contributed by atoms with Gasteiger partial charge >= 0.3 is 0 Å². The van der Waals surface area contributed by atoms with E-state index in [1.165, 1.54) is 66.8 Å². The fourth-order valence-electron chi connectivity index (χ4n) is 11.7. The lowest BCUT2D eigenvalue weighted by molar-refractivity contribution is 0.616. The highest BCUT2D eigenvalue weighted by molar-refractivity contribution is 5.99. The monoisotopic (exact) mass is 841 g/mol. The molecule has 2 nitrogen and oxygen atoms in total. The minimum atomic E-state index is -0.640. The first-order valence-corrected chi connectivity index (χ1v) is 22.8. The molecule has 310 valence electrons. The molecule has 0 fully saturated rings. The van der Waals surface area contributed by atoms with Gasteiger partial charge in [0.25, 0.3) is 0 Å². The zero-order valence-corrected chi connectivity index (χ0v) is 36.2. The fourth-order valence-corrected chi connectivity index (χ4v) is 11.7. The number of nitrogens with zero attached hydrogens (tertiary/aromatic N) is 1. The molecule has 0 radical (unpaired) electrons. The predicted molar refractivity (Wildman–Crippen MR) is 271 cm³/mol. The summed E-state index contributed by atoms with van der Waals surface area (Å²) in [6, 6.07) is 94.2. The van der Waals surface area contributed by atoms with Crippen LogP contribution in [0.15, 0.2) is 265 Å². The number of furan rings is 1. The van der Waals surface area contributed by atoms with Crippen LogP contribution in [0.1, 0.15) is 44.5 Å². The molecule has 0 N–H and O–H groups in total. The average Bonchev–Trinajstić information content (AvgIpc) is 4.09. The molecule has 0 saturated carbocycles. The Morgan fingerprint density at radius 3 is 1.20 bits per heavy atom. The second kappa shape index (κ2) is 15.1. The lowest BCUT2D eigenvalue weighted by atomic mass is 9.66. The number of fused-ring (bicyclic) bond motifs is 7. The average molecular weight is 842 g/mol. The smallest absolute Gasteiger partial charge is 0.134 e. The Labute approximate surface area is 385 Å². The minimum Gasteiger partial charge on any atom is -0.464 e. The molecule has 10 aromatic carbocycles. The van der Waals surface area contributed by atoms with Crippen molar-refractivity contribution in [3.8, 4) is 33.4 Å². The van der Waals surface area contributed by atoms with E-state index < -0.39 is 10.8 Å². The standard InChI is InChI=1S/C64H43NO/c1-5-19-47(20-6-1)63(48-21-7-2-8-22-48)56-31-15-13-27-52(56)54-29-17-33-58(61(54)63)65(51-39-37-44(38-40-51)46-36-35-45-41-42-66-60(45)43-46)59-34-18-30-55-53-28-14-16-32-57(53)64(62(55)59,49-23-9-3-10-24-49)50-25-11-4-12-26-50/h1-43H. The third kappa shape index (κ3) is 5.42. The molecule has 66 heavy (non-hydrogen) atoms. The number of anilines is 3. The van der Waals surface area contributed by atoms with Crippen LogP contribution in [0, 0.1) is 0 Å². The van der Waals surface area contributed by atoms with E-state index in [2.05, 4.69) is 254 Å². The van der Waals surface area contributed by atoms with Crippen molar-refractivity contribution in [3.63, 3.8) is 0 Å². The summed E-state index contributed by atoms with van der Waals surface area (Å²) in [5.74, 6) is 0. The first-order chi connectivity index (χ1) is 32.8. The molecule has 0 bridgehead atoms. The van der Waals surface area contributed by atoms with Gasteiger partial charge in [0, 0.05) is 22.2 Å². The maximum atomic E-state index is 5.87. The van der Waals surface area contributed by atoms with Crippen molar-refractivity contribution in [2.45, 2.75) is 10.8 Å². The Morgan fingerprint density at radius 2 is 0.727 bits per heavy atom. The van der Waals surface area contributed by atoms with Crippen LogP contribution in [-0.4, -0.2) is 0 Å². The van der Waals surface area contributed by atoms with Gasteiger partial charge in [0.05, 0.1) is 28.5 Å². The number of hydrogen-bond donors (Lipinski definition) is 0. The van der Waals surface area contributed by atoms with Gasteiger partial charge in [-0.1, -0.05) is 218 Å². The molecule has 1 heterocycles. The second-order valence-corrected chi connectivity index (χ2v) is 17.5. The summed E-state index contributed by atoms with van der Waals surface area (Å²) in [4.78, 5) is 2.58. The van der Waals surface area contributed by atoms with E-state index in [0.29, 0.717) is 0 Å². The Kier molecular flexibility index (Phi) is 8.69. The van der Waals surface area contributed by atoms with Gasteiger partial charge in [0.15, 0.2) is 0 Å². The van der Waals surface area contributed by atoms with Gasteiger partial charge in [-0.15, -0.1) is 0 Å². The first-order valence-electron chi connectivity index (χ1n) is 22.8. The van der Waals surface area contributed by atoms with Crippen LogP contribution in [-0.2, 0) is 10.8 Å². The lowest BCUT2D eigenvalue weighted by Gasteiger charge is -2.40. The van der Waals surface area contributed by atoms with Crippen molar-refractivity contribution in [1.82, 2.24) is 0 Å². The van der Waals surface area contributed by atoms with Crippen molar-refractivity contribution in [2.75, 3.05) is 4.90 Å². The molecule has 2 heteroatoms. The van der Waals surface area contributed by atoms with Crippen molar-refractivity contribution >= 4 is 28.0 Å². The third-order valence-corrected chi connectivity index (χ3v) is 14.3. The normalized spacial score (nSPS) is 13.7. The van der Waals surface area contributed by atoms with E-state index in [1.807, 2.05) is 6.07 Å². The molecule has 0 unspecified atom stereocenters. The molecule has 11 aromatic rings. The minimum absolute atomic E-state index is 0.640. The summed E-state index contributed by atoms with van der Waals surface area (Å²) in [5.41, 5.74) is 20.1. The Balaban J connectivity index is 1.16. The van der Waals surface area contributed by atoms with Crippen LogP contribution >= 0.6 is 0 Å². The van der Waals surface area contributed by atoms with Crippen LogP contribution < -0.4 is 4.90 Å². The zero-order chi connectivity index (χ0) is 43.7. The van der Waals surface area contributed by atoms with Crippen LogP contribution in [0.3, 0.4) is 0 Å². The zero-order valence-electron chi connectivity index (χ0n) is 36.2. The van der Waals surface area contributed by atoms with Gasteiger partial charge in [0.2, 0.25) is 0 Å². The summed E-state index contributed by atoms with van der Waals surface area (Å²) in [5, 5.41) is 1.10. The molecule has 1 aromatic heterocycles. The number of rotatable bonds is 8. The van der Waals surface area contributed by atoms with Crippen LogP contribution in [0.2, 0.25) is 0 Å². The molecule has 2 aliphatic rings. The Bertz CT molecular complexity index is 3310. The van der Waals surface area contributed by atoms with Gasteiger partial charge in [0.1, 0.15) is 5.58 Å². The van der Waals surface area contributed by atoms with Crippen molar-refractivity contribution in [1.29, 1.82) is 0 Å². The summed E-state index contributed by atoms with van der Waals surface area (Å²) in [6.45, 7) is 0. The molecule has 13 rings (SSSR count). The highest BCUT2D eigenvalue weighted by Gasteiger charge is 2.51. The highest BCUT2D eigenvalue weighted by Crippen LogP contribution is 2.63. The summed E-state index contributed by atoms with van der Waals surface area (Å²) < 4.78 is 5.87. The van der Waals surface area contributed by atoms with Crippen molar-refractivity contribution < 1.29 is 4.42 Å². The predicted octanol–water partition coefficient (Wildman–Crippen LogP) is 16.3. The fraction of sp³-hybridized carbons (Fsp3) is 0.0312. The first kappa shape index (κ1) is 38.0. The molecule has 0 atom stereocenters. The van der Waals surface area contributed by atoms with E-state index in [1.54, 1.807) is 6.26 Å². The van der Waals surface area contributed by atoms with E-state index in [9.17, 15) is 0 Å². The summed E-state index contributed by atoms with van der Waals surface area (Å²) in [7, 11) is 0. The SMILES string of the molecule is c1ccc(C2(c3ccccc3)c3ccccc3-c3cccc(N(c4ccc(-c5ccc6ccoc6c5)cc4)c4cccc5c4C(c4ccccc4)(c4ccccc4)c4ccccc4-5)c32)cc1. The lowest BCUT2D eigenvalue weighted by Crippen LogP contribution is -2.32. The van der Waals surface area contributed by atoms with Crippen LogP contribution in [0.5, 0.6) is 0 Å². The molecule has 0 aliphatic heterocycles. The number of hydrogen-bond acceptors (Lipinski definition) is 2. The third-order valence-electron chi connectivity index (χ3n) is 14.3. The Morgan fingerprint density at radius 1 is 0.318 bits per heavy atom. The van der Waals surface area contributed by atoms with Crippen molar-refractivity contribution in [3.05, 3.63) is 306 Å². The van der Waals surface area contributed by atoms with E-state index in [-0.39, 0.29) is 0 Å². The quantitative estimate of drug-likeness (QED) is 0.152. The second-order valence-electron chi connectivity index (χ2n) is 17.5. The van der Waals surface area contributed by atoms with Crippen LogP contribution in [0.4, 0.5) is 17.1 Å². The van der Waals surface area contributed by atoms with Gasteiger partial charge in [-0.25, -0.2) is 0 Å². The Hall–Kier alpha value is -8.46. The molecular weight excluding hydrogens is 799 g/mol. The molecule has 2 aliphatic carbocycles. The van der Waals surface area contributed by atoms with E-state index >= 15 is 0 Å². The molecular formula is C64H43NO. The molecule has 0 spiro atoms. The molecule has 0 amide bonds. The maximum Gasteiger partial charge on any atom is 0.134 e. The van der Waals surface area contributed by atoms with E-state index in [4.69, 9.17) is 4.42 Å². The van der Waals surface area contributed by atoms with Crippen LogP contribution in [0.25, 0.3) is 44.3 Å². The molecule has 0 saturated heterocycles. The summed E-state index contributed by atoms with van der Waals surface area (Å²) >= 11 is 0. The van der Waals surface area contributed by atoms with Gasteiger partial charge in [-0.3, -0.25) is 0 Å². The summed E-state index contributed by atoms with van der Waals surface area (Å²) in [6.07, 6.45) is 1.76. The highest BCUT2D eigenvalue weighted by atomic mass is 16.3. The topological polar surface area (TPSA) is 16.4 Å². The number of benzene rings is 10. The van der Waals surface area contributed by atoms with Gasteiger partial charge < -0.3 is 9.32 Å². The maximum absolute atomic E-state index is 5.87. The van der Waals surface area contributed by atoms with Gasteiger partial charge in [-0.05, 0) is 103 Å².